The Morgan fingerprint density at radius 1 is 0.903 bits per heavy atom. The van der Waals surface area contributed by atoms with Crippen LogP contribution in [-0.4, -0.2) is 97.2 Å². The summed E-state index contributed by atoms with van der Waals surface area (Å²) >= 11 is 1.50. The van der Waals surface area contributed by atoms with Gasteiger partial charge in [0, 0.05) is 45.3 Å². The van der Waals surface area contributed by atoms with Gasteiger partial charge in [0.15, 0.2) is 0 Å². The molecular weight excluding hydrogens is 801 g/mol. The number of benzene rings is 3. The lowest BCUT2D eigenvalue weighted by atomic mass is 9.88. The van der Waals surface area contributed by atoms with Gasteiger partial charge in [-0.15, -0.1) is 11.3 Å². The monoisotopic (exact) mass is 864 g/mol. The van der Waals surface area contributed by atoms with E-state index in [4.69, 9.17) is 14.2 Å². The summed E-state index contributed by atoms with van der Waals surface area (Å²) in [6.07, 6.45) is 3.28. The Hall–Kier alpha value is -4.91. The van der Waals surface area contributed by atoms with Crippen molar-refractivity contribution < 1.29 is 33.4 Å². The molecule has 0 bridgehead atoms. The van der Waals surface area contributed by atoms with Crippen molar-refractivity contribution in [3.63, 3.8) is 0 Å². The Bertz CT molecular complexity index is 2070. The van der Waals surface area contributed by atoms with Crippen LogP contribution in [0.15, 0.2) is 90.4 Å². The Morgan fingerprint density at radius 2 is 1.55 bits per heavy atom. The number of rotatable bonds is 20. The van der Waals surface area contributed by atoms with E-state index in [0.717, 1.165) is 39.2 Å². The quantitative estimate of drug-likeness (QED) is 0.0698. The Balaban J connectivity index is 1.13. The van der Waals surface area contributed by atoms with E-state index < -0.39 is 36.1 Å². The second-order valence-electron chi connectivity index (χ2n) is 17.3. The van der Waals surface area contributed by atoms with Gasteiger partial charge >= 0.3 is 5.97 Å². The van der Waals surface area contributed by atoms with Gasteiger partial charge in [0.2, 0.25) is 17.7 Å². The highest BCUT2D eigenvalue weighted by molar-refractivity contribution is 7.09. The number of esters is 1. The van der Waals surface area contributed by atoms with Gasteiger partial charge in [0.05, 0.1) is 42.7 Å². The summed E-state index contributed by atoms with van der Waals surface area (Å²) in [5.74, 6) is -3.39. The zero-order valence-corrected chi connectivity index (χ0v) is 38.3. The number of fused-ring (bicyclic) bond motifs is 3. The summed E-state index contributed by atoms with van der Waals surface area (Å²) in [6.45, 7) is 10.3. The highest BCUT2D eigenvalue weighted by Crippen LogP contribution is 2.44. The molecule has 6 rings (SSSR count). The molecule has 332 valence electrons. The molecule has 0 unspecified atom stereocenters. The fourth-order valence-corrected chi connectivity index (χ4v) is 10.3. The first-order valence-electron chi connectivity index (χ1n) is 22.1. The van der Waals surface area contributed by atoms with Crippen molar-refractivity contribution in [3.8, 4) is 11.1 Å². The third-order valence-electron chi connectivity index (χ3n) is 13.1. The number of likely N-dealkylation sites (tertiary alicyclic amines) is 1. The Morgan fingerprint density at radius 3 is 2.13 bits per heavy atom. The molecule has 0 radical (unpaired) electrons. The number of hydrogen-bond acceptors (Lipinski definition) is 9. The normalized spacial score (nSPS) is 18.2. The number of amides is 3. The lowest BCUT2D eigenvalue weighted by molar-refractivity contribution is -0.161. The van der Waals surface area contributed by atoms with Gasteiger partial charge in [-0.05, 0) is 58.9 Å². The standard InChI is InChI=1S/C50H64N4O7S/c1-9-32(4)45(53(6)49(57)44(31(2)3)50(58)61-30-39-37-22-15-13-20-35(37)36-21-14-16-23-38(36)39)42(59-7)29-43(55)54-26-17-24-41(54)46(60-8)33(5)47(56)52-40(48-51-25-27-62-48)28-34-18-11-10-12-19-34/h10-16,18-23,25,27,31-33,39-42,44-46H,9,17,24,26,28-30H2,1-8H3,(H,52,56)/t32-,33+,40-,41-,42+,44-,45-,46+/m0/s1. The first kappa shape index (κ1) is 46.6. The maximum Gasteiger partial charge on any atom is 0.318 e. The summed E-state index contributed by atoms with van der Waals surface area (Å²) in [6, 6.07) is 25.2. The van der Waals surface area contributed by atoms with Crippen LogP contribution in [0.3, 0.4) is 0 Å². The number of carbonyl (C=O) groups excluding carboxylic acids is 4. The molecule has 8 atom stereocenters. The molecule has 3 amide bonds. The molecule has 0 saturated carbocycles. The highest BCUT2D eigenvalue weighted by Gasteiger charge is 2.44. The number of nitrogens with zero attached hydrogens (tertiary/aromatic N) is 3. The van der Waals surface area contributed by atoms with Crippen LogP contribution in [0, 0.1) is 23.7 Å². The van der Waals surface area contributed by atoms with E-state index in [1.54, 1.807) is 32.4 Å². The van der Waals surface area contributed by atoms with Crippen molar-refractivity contribution in [3.05, 3.63) is 112 Å². The third-order valence-corrected chi connectivity index (χ3v) is 14.0. The van der Waals surface area contributed by atoms with Crippen LogP contribution >= 0.6 is 11.3 Å². The first-order valence-corrected chi connectivity index (χ1v) is 23.0. The van der Waals surface area contributed by atoms with Crippen LogP contribution in [0.4, 0.5) is 0 Å². The van der Waals surface area contributed by atoms with E-state index in [9.17, 15) is 19.2 Å². The molecule has 3 aromatic carbocycles. The van der Waals surface area contributed by atoms with Crippen LogP contribution in [0.2, 0.25) is 0 Å². The van der Waals surface area contributed by atoms with E-state index in [1.165, 1.54) is 11.3 Å². The van der Waals surface area contributed by atoms with E-state index in [0.29, 0.717) is 25.8 Å². The van der Waals surface area contributed by atoms with E-state index in [-0.39, 0.29) is 60.6 Å². The van der Waals surface area contributed by atoms with Crippen LogP contribution in [0.1, 0.15) is 94.0 Å². The van der Waals surface area contributed by atoms with Crippen LogP contribution < -0.4 is 5.32 Å². The molecule has 4 aromatic rings. The van der Waals surface area contributed by atoms with Gasteiger partial charge in [-0.2, -0.15) is 0 Å². The molecule has 1 saturated heterocycles. The van der Waals surface area contributed by atoms with Crippen molar-refractivity contribution in [1.82, 2.24) is 20.1 Å². The van der Waals surface area contributed by atoms with Crippen molar-refractivity contribution in [2.24, 2.45) is 23.7 Å². The topological polar surface area (TPSA) is 127 Å². The maximum absolute atomic E-state index is 14.5. The third kappa shape index (κ3) is 10.3. The molecule has 1 aliphatic carbocycles. The SMILES string of the molecule is CC[C@H](C)[C@@H]([C@@H](CC(=O)N1CCC[C@H]1[C@H](OC)[C@@H](C)C(=O)N[C@@H](Cc1ccccc1)c1nccs1)OC)N(C)C(=O)[C@@H](C(=O)OCC1c2ccccc2-c2ccccc21)C(C)C. The average molecular weight is 865 g/mol. The fourth-order valence-electron chi connectivity index (χ4n) is 9.64. The van der Waals surface area contributed by atoms with E-state index in [2.05, 4.69) is 34.6 Å². The summed E-state index contributed by atoms with van der Waals surface area (Å²) in [4.78, 5) is 64.9. The minimum atomic E-state index is -1.05. The maximum atomic E-state index is 14.5. The summed E-state index contributed by atoms with van der Waals surface area (Å²) in [7, 11) is 4.87. The zero-order chi connectivity index (χ0) is 44.5. The molecule has 1 aliphatic heterocycles. The number of aromatic nitrogens is 1. The molecule has 2 heterocycles. The van der Waals surface area contributed by atoms with Crippen LogP contribution in [0.25, 0.3) is 11.1 Å². The lowest BCUT2D eigenvalue weighted by Gasteiger charge is -2.40. The summed E-state index contributed by atoms with van der Waals surface area (Å²) in [5, 5.41) is 5.97. The fraction of sp³-hybridized carbons (Fsp3) is 0.500. The van der Waals surface area contributed by atoms with Crippen LogP contribution in [0.5, 0.6) is 0 Å². The lowest BCUT2D eigenvalue weighted by Crippen LogP contribution is -2.55. The van der Waals surface area contributed by atoms with E-state index in [1.807, 2.05) is 99.5 Å². The van der Waals surface area contributed by atoms with Gasteiger partial charge in [-0.25, -0.2) is 4.98 Å². The second kappa shape index (κ2) is 21.4. The van der Waals surface area contributed by atoms with Crippen LogP contribution in [-0.2, 0) is 39.8 Å². The van der Waals surface area contributed by atoms with E-state index >= 15 is 0 Å². The molecule has 1 N–H and O–H groups in total. The van der Waals surface area contributed by atoms with Crippen molar-refractivity contribution in [2.45, 2.75) is 103 Å². The van der Waals surface area contributed by atoms with Gasteiger partial charge in [-0.1, -0.05) is 120 Å². The number of hydrogen-bond donors (Lipinski definition) is 1. The Kier molecular flexibility index (Phi) is 16.1. The molecule has 0 spiro atoms. The number of thiazole rings is 1. The van der Waals surface area contributed by atoms with Gasteiger partial charge in [0.1, 0.15) is 17.5 Å². The summed E-state index contributed by atoms with van der Waals surface area (Å²) in [5.41, 5.74) is 5.55. The molecule has 11 nitrogen and oxygen atoms in total. The predicted octanol–water partition coefficient (Wildman–Crippen LogP) is 8.09. The van der Waals surface area contributed by atoms with Gasteiger partial charge in [-0.3, -0.25) is 19.2 Å². The first-order chi connectivity index (χ1) is 29.9. The second-order valence-corrected chi connectivity index (χ2v) is 18.2. The Labute approximate surface area is 371 Å². The van der Waals surface area contributed by atoms with Crippen molar-refractivity contribution in [1.29, 1.82) is 0 Å². The summed E-state index contributed by atoms with van der Waals surface area (Å²) < 4.78 is 18.2. The predicted molar refractivity (Wildman–Crippen MR) is 242 cm³/mol. The highest BCUT2D eigenvalue weighted by atomic mass is 32.1. The smallest absolute Gasteiger partial charge is 0.318 e. The average Bonchev–Trinajstić information content (AvgIpc) is 4.06. The molecule has 1 aromatic heterocycles. The number of methoxy groups -OCH3 is 2. The van der Waals surface area contributed by atoms with Crippen molar-refractivity contribution >= 4 is 35.0 Å². The number of carbonyl (C=O) groups is 4. The molecular formula is C50H64N4O7S. The largest absolute Gasteiger partial charge is 0.464 e. The minimum absolute atomic E-state index is 0.0110. The number of ether oxygens (including phenoxy) is 3. The van der Waals surface area contributed by atoms with Crippen molar-refractivity contribution in [2.75, 3.05) is 34.4 Å². The molecule has 62 heavy (non-hydrogen) atoms. The number of likely N-dealkylation sites (N-methyl/N-ethyl adjacent to an activating group) is 1. The van der Waals surface area contributed by atoms with Gasteiger partial charge < -0.3 is 29.3 Å². The minimum Gasteiger partial charge on any atom is -0.464 e. The molecule has 1 fully saturated rings. The zero-order valence-electron chi connectivity index (χ0n) is 37.5. The number of nitrogens with one attached hydrogen (secondary N) is 1. The van der Waals surface area contributed by atoms with Gasteiger partial charge in [0.25, 0.3) is 0 Å². The molecule has 2 aliphatic rings. The molecule has 12 heteroatoms.